The van der Waals surface area contributed by atoms with E-state index in [2.05, 4.69) is 39.1 Å². The van der Waals surface area contributed by atoms with Crippen molar-refractivity contribution >= 4 is 17.5 Å². The number of hydrogen-bond acceptors (Lipinski definition) is 6. The minimum absolute atomic E-state index is 0.455. The highest BCUT2D eigenvalue weighted by Gasteiger charge is 2.10. The Hall–Kier alpha value is -1.96. The molecule has 3 aromatic rings. The maximum atomic E-state index is 4.41. The van der Waals surface area contributed by atoms with E-state index in [4.69, 9.17) is 0 Å². The second kappa shape index (κ2) is 4.37. The van der Waals surface area contributed by atoms with Gasteiger partial charge in [-0.25, -0.2) is 9.97 Å². The van der Waals surface area contributed by atoms with Crippen LogP contribution in [0.4, 0.5) is 0 Å². The van der Waals surface area contributed by atoms with Gasteiger partial charge in [-0.1, -0.05) is 13.8 Å². The Bertz CT molecular complexity index is 658. The number of aromatic nitrogens is 7. The van der Waals surface area contributed by atoms with E-state index in [9.17, 15) is 0 Å². The molecule has 0 aliphatic rings. The molecular formula is C10H11N7S. The lowest BCUT2D eigenvalue weighted by Crippen LogP contribution is -2.07. The molecule has 0 saturated carbocycles. The van der Waals surface area contributed by atoms with Crippen LogP contribution in [0.2, 0.25) is 0 Å². The van der Waals surface area contributed by atoms with Gasteiger partial charge in [-0.05, 0) is 0 Å². The third-order valence-electron chi connectivity index (χ3n) is 2.20. The van der Waals surface area contributed by atoms with E-state index in [1.54, 1.807) is 45.8 Å². The van der Waals surface area contributed by atoms with Crippen LogP contribution in [0.25, 0.3) is 11.7 Å². The van der Waals surface area contributed by atoms with E-state index < -0.39 is 0 Å². The van der Waals surface area contributed by atoms with Gasteiger partial charge in [0.25, 0.3) is 11.7 Å². The molecule has 3 heterocycles. The number of thioether (sulfide) groups is 1. The second-order valence-corrected chi connectivity index (χ2v) is 5.54. The largest absolute Gasteiger partial charge is 0.272 e. The normalized spacial score (nSPS) is 11.5. The molecule has 3 aromatic heterocycles. The maximum Gasteiger partial charge on any atom is 0.272 e. The van der Waals surface area contributed by atoms with E-state index in [1.165, 1.54) is 0 Å². The molecule has 0 saturated heterocycles. The van der Waals surface area contributed by atoms with E-state index in [-0.39, 0.29) is 0 Å². The number of nitrogens with zero attached hydrogens (tertiary/aromatic N) is 7. The van der Waals surface area contributed by atoms with Crippen molar-refractivity contribution in [2.24, 2.45) is 0 Å². The molecule has 0 fully saturated rings. The summed E-state index contributed by atoms with van der Waals surface area (Å²) >= 11 is 1.69. The van der Waals surface area contributed by atoms with Crippen molar-refractivity contribution in [1.82, 2.24) is 34.3 Å². The van der Waals surface area contributed by atoms with Crippen molar-refractivity contribution in [3.63, 3.8) is 0 Å². The van der Waals surface area contributed by atoms with Crippen LogP contribution in [0.1, 0.15) is 13.8 Å². The highest BCUT2D eigenvalue weighted by Crippen LogP contribution is 2.22. The first-order valence-corrected chi connectivity index (χ1v) is 6.35. The van der Waals surface area contributed by atoms with Gasteiger partial charge in [-0.3, -0.25) is 4.57 Å². The molecule has 7 nitrogen and oxygen atoms in total. The number of rotatable bonds is 3. The lowest BCUT2D eigenvalue weighted by atomic mass is 10.6. The van der Waals surface area contributed by atoms with E-state index in [1.807, 2.05) is 0 Å². The summed E-state index contributed by atoms with van der Waals surface area (Å²) in [5.41, 5.74) is 0. The number of fused-ring (bicyclic) bond motifs is 1. The van der Waals surface area contributed by atoms with Crippen molar-refractivity contribution in [2.75, 3.05) is 0 Å². The van der Waals surface area contributed by atoms with E-state index >= 15 is 0 Å². The van der Waals surface area contributed by atoms with Crippen molar-refractivity contribution in [3.05, 3.63) is 24.9 Å². The summed E-state index contributed by atoms with van der Waals surface area (Å²) in [6.45, 7) is 4.24. The van der Waals surface area contributed by atoms with Crippen molar-refractivity contribution in [3.8, 4) is 5.95 Å². The first-order chi connectivity index (χ1) is 8.74. The first kappa shape index (κ1) is 11.1. The summed E-state index contributed by atoms with van der Waals surface area (Å²) in [6.07, 6.45) is 6.84. The average Bonchev–Trinajstić information content (AvgIpc) is 2.98. The summed E-state index contributed by atoms with van der Waals surface area (Å²) in [5.74, 6) is 0.977. The number of imidazole rings is 2. The molecule has 0 aromatic carbocycles. The van der Waals surface area contributed by atoms with Crippen molar-refractivity contribution in [1.29, 1.82) is 0 Å². The molecule has 18 heavy (non-hydrogen) atoms. The topological polar surface area (TPSA) is 73.8 Å². The van der Waals surface area contributed by atoms with Crippen LogP contribution in [0.15, 0.2) is 29.9 Å². The fourth-order valence-corrected chi connectivity index (χ4v) is 2.30. The molecule has 0 unspecified atom stereocenters. The van der Waals surface area contributed by atoms with Crippen molar-refractivity contribution < 1.29 is 0 Å². The van der Waals surface area contributed by atoms with Gasteiger partial charge in [0.2, 0.25) is 0 Å². The molecule has 0 amide bonds. The Kier molecular flexibility index (Phi) is 2.71. The van der Waals surface area contributed by atoms with Gasteiger partial charge in [0.1, 0.15) is 11.4 Å². The molecule has 0 N–H and O–H groups in total. The fraction of sp³-hybridized carbons (Fsp3) is 0.300. The molecule has 0 spiro atoms. The lowest BCUT2D eigenvalue weighted by Gasteiger charge is -2.04. The van der Waals surface area contributed by atoms with Gasteiger partial charge in [0.15, 0.2) is 0 Å². The van der Waals surface area contributed by atoms with Crippen molar-refractivity contribution in [2.45, 2.75) is 24.1 Å². The summed E-state index contributed by atoms with van der Waals surface area (Å²) in [6, 6.07) is 0. The molecular weight excluding hydrogens is 250 g/mol. The summed E-state index contributed by atoms with van der Waals surface area (Å²) in [7, 11) is 0. The van der Waals surface area contributed by atoms with Crippen LogP contribution in [0.3, 0.4) is 0 Å². The average molecular weight is 261 g/mol. The molecule has 0 radical (unpaired) electrons. The van der Waals surface area contributed by atoms with E-state index in [0.29, 0.717) is 17.0 Å². The molecule has 0 aliphatic carbocycles. The molecule has 0 aliphatic heterocycles. The number of hydrogen-bond donors (Lipinski definition) is 0. The van der Waals surface area contributed by atoms with Crippen LogP contribution in [-0.2, 0) is 0 Å². The highest BCUT2D eigenvalue weighted by molar-refractivity contribution is 7.99. The predicted octanol–water partition coefficient (Wildman–Crippen LogP) is 1.21. The highest BCUT2D eigenvalue weighted by atomic mass is 32.2. The zero-order valence-electron chi connectivity index (χ0n) is 9.93. The van der Waals surface area contributed by atoms with Gasteiger partial charge >= 0.3 is 0 Å². The van der Waals surface area contributed by atoms with Crippen LogP contribution >= 0.6 is 11.8 Å². The Morgan fingerprint density at radius 2 is 2.17 bits per heavy atom. The zero-order valence-corrected chi connectivity index (χ0v) is 10.7. The zero-order chi connectivity index (χ0) is 12.5. The molecule has 8 heteroatoms. The van der Waals surface area contributed by atoms with Gasteiger partial charge in [0.05, 0.1) is 6.20 Å². The van der Waals surface area contributed by atoms with Gasteiger partial charge in [0, 0.05) is 17.6 Å². The summed E-state index contributed by atoms with van der Waals surface area (Å²) in [5, 5.41) is 13.9. The molecule has 0 bridgehead atoms. The quantitative estimate of drug-likeness (QED) is 0.660. The second-order valence-electron chi connectivity index (χ2n) is 3.94. The molecule has 0 atom stereocenters. The lowest BCUT2D eigenvalue weighted by molar-refractivity contribution is 0.731. The standard InChI is InChI=1S/C10H11N7S/c1-7(2)18-8-5-12-9-13-14-10(15-17(8)9)16-4-3-11-6-16/h3-7H,1-2H3. The van der Waals surface area contributed by atoms with Crippen LogP contribution in [0.5, 0.6) is 0 Å². The van der Waals surface area contributed by atoms with Gasteiger partial charge < -0.3 is 0 Å². The smallest absolute Gasteiger partial charge is 0.272 e. The maximum absolute atomic E-state index is 4.41. The molecule has 3 rings (SSSR count). The minimum atomic E-state index is 0.455. The van der Waals surface area contributed by atoms with Crippen LogP contribution < -0.4 is 0 Å². The first-order valence-electron chi connectivity index (χ1n) is 5.47. The predicted molar refractivity (Wildman–Crippen MR) is 66.7 cm³/mol. The molecule has 92 valence electrons. The monoisotopic (exact) mass is 261 g/mol. The Balaban J connectivity index is 2.09. The summed E-state index contributed by atoms with van der Waals surface area (Å²) < 4.78 is 3.41. The van der Waals surface area contributed by atoms with Gasteiger partial charge in [-0.15, -0.1) is 27.1 Å². The SMILES string of the molecule is CC(C)Sc1cnc2nnc(-n3ccnc3)nn12. The Labute approximate surface area is 107 Å². The minimum Gasteiger partial charge on any atom is -0.272 e. The van der Waals surface area contributed by atoms with E-state index in [0.717, 1.165) is 5.03 Å². The third-order valence-corrected chi connectivity index (χ3v) is 3.19. The van der Waals surface area contributed by atoms with Crippen LogP contribution in [0, 0.1) is 0 Å². The summed E-state index contributed by atoms with van der Waals surface area (Å²) in [4.78, 5) is 8.14. The Morgan fingerprint density at radius 3 is 2.89 bits per heavy atom. The third kappa shape index (κ3) is 1.94. The fourth-order valence-electron chi connectivity index (χ4n) is 1.48. The van der Waals surface area contributed by atoms with Gasteiger partial charge in [-0.2, -0.15) is 4.52 Å². The Morgan fingerprint density at radius 1 is 1.28 bits per heavy atom. The van der Waals surface area contributed by atoms with Crippen LogP contribution in [-0.4, -0.2) is 39.6 Å².